The van der Waals surface area contributed by atoms with Gasteiger partial charge in [0.05, 0.1) is 4.90 Å². The lowest BCUT2D eigenvalue weighted by Crippen LogP contribution is -1.99. The van der Waals surface area contributed by atoms with Gasteiger partial charge in [-0.3, -0.25) is 0 Å². The number of hydrogen-bond donors (Lipinski definition) is 0. The van der Waals surface area contributed by atoms with Crippen LogP contribution in [0.25, 0.3) is 6.08 Å². The largest absolute Gasteiger partial charge is 0.219 e. The Kier molecular flexibility index (Phi) is 2.23. The highest BCUT2D eigenvalue weighted by Crippen LogP contribution is 2.32. The molecule has 0 fully saturated rings. The molecule has 1 aromatic rings. The van der Waals surface area contributed by atoms with Crippen molar-refractivity contribution in [3.8, 4) is 0 Å². The van der Waals surface area contributed by atoms with Crippen LogP contribution in [0.15, 0.2) is 22.4 Å². The number of fused-ring (bicyclic) bond motifs is 1. The molecule has 0 amide bonds. The lowest BCUT2D eigenvalue weighted by atomic mass is 9.98. The van der Waals surface area contributed by atoms with E-state index in [1.807, 2.05) is 19.1 Å². The van der Waals surface area contributed by atoms with Gasteiger partial charge in [-0.1, -0.05) is 26.0 Å². The Labute approximate surface area is 90.6 Å². The minimum absolute atomic E-state index is 0.422. The van der Waals surface area contributed by atoms with E-state index in [1.54, 1.807) is 6.08 Å². The second kappa shape index (κ2) is 3.20. The zero-order valence-corrected chi connectivity index (χ0v) is 9.93. The topological polar surface area (TPSA) is 34.1 Å². The van der Waals surface area contributed by atoms with Gasteiger partial charge < -0.3 is 0 Å². The molecule has 1 aliphatic rings. The Hall–Kier alpha value is -1.09. The molecule has 2 nitrogen and oxygen atoms in total. The van der Waals surface area contributed by atoms with E-state index in [-0.39, 0.29) is 0 Å². The smallest absolute Gasteiger partial charge is 0.200 e. The third-order valence-corrected chi connectivity index (χ3v) is 4.32. The van der Waals surface area contributed by atoms with Crippen LogP contribution in [0.3, 0.4) is 0 Å². The number of rotatable bonds is 1. The lowest BCUT2D eigenvalue weighted by molar-refractivity contribution is 0.605. The van der Waals surface area contributed by atoms with Gasteiger partial charge in [0.1, 0.15) is 0 Å². The molecule has 0 aromatic heterocycles. The van der Waals surface area contributed by atoms with Crippen molar-refractivity contribution >= 4 is 15.9 Å². The second-order valence-electron chi connectivity index (χ2n) is 4.26. The van der Waals surface area contributed by atoms with Crippen molar-refractivity contribution in [1.82, 2.24) is 0 Å². The molecule has 2 rings (SSSR count). The van der Waals surface area contributed by atoms with E-state index in [0.717, 1.165) is 11.1 Å². The summed E-state index contributed by atoms with van der Waals surface area (Å²) in [6, 6.07) is 3.93. The maximum absolute atomic E-state index is 11.7. The molecule has 0 saturated carbocycles. The fraction of sp³-hybridized carbons (Fsp3) is 0.333. The summed E-state index contributed by atoms with van der Waals surface area (Å²) < 4.78 is 23.3. The highest BCUT2D eigenvalue weighted by atomic mass is 32.2. The fourth-order valence-corrected chi connectivity index (χ4v) is 3.33. The molecule has 15 heavy (non-hydrogen) atoms. The van der Waals surface area contributed by atoms with Gasteiger partial charge in [0.25, 0.3) is 0 Å². The molecule has 0 bridgehead atoms. The zero-order valence-electron chi connectivity index (χ0n) is 9.11. The SMILES string of the molecule is Cc1cc(C(C)C)cc2c1S(=O)(=O)C=C2. The van der Waals surface area contributed by atoms with Crippen LogP contribution in [0.5, 0.6) is 0 Å². The Bertz CT molecular complexity index is 537. The first-order valence-corrected chi connectivity index (χ1v) is 6.54. The molecular formula is C12H14O2S. The quantitative estimate of drug-likeness (QED) is 0.732. The van der Waals surface area contributed by atoms with Crippen LogP contribution in [-0.4, -0.2) is 8.42 Å². The number of sulfone groups is 1. The van der Waals surface area contributed by atoms with Crippen molar-refractivity contribution in [2.45, 2.75) is 31.6 Å². The number of benzene rings is 1. The standard InChI is InChI=1S/C12H14O2S/c1-8(2)11-6-9(3)12-10(7-11)4-5-15(12,13)14/h4-8H,1-3H3. The summed E-state index contributed by atoms with van der Waals surface area (Å²) in [5.74, 6) is 0.422. The van der Waals surface area contributed by atoms with Crippen LogP contribution < -0.4 is 0 Å². The number of hydrogen-bond acceptors (Lipinski definition) is 2. The van der Waals surface area contributed by atoms with E-state index in [0.29, 0.717) is 10.8 Å². The fourth-order valence-electron chi connectivity index (χ4n) is 1.91. The summed E-state index contributed by atoms with van der Waals surface area (Å²) in [5, 5.41) is 1.29. The van der Waals surface area contributed by atoms with Gasteiger partial charge in [0.2, 0.25) is 9.84 Å². The maximum atomic E-state index is 11.7. The van der Waals surface area contributed by atoms with E-state index >= 15 is 0 Å². The van der Waals surface area contributed by atoms with Crippen molar-refractivity contribution in [3.05, 3.63) is 34.2 Å². The van der Waals surface area contributed by atoms with Gasteiger partial charge in [-0.2, -0.15) is 0 Å². The molecule has 0 radical (unpaired) electrons. The molecule has 1 aromatic carbocycles. The molecule has 0 spiro atoms. The maximum Gasteiger partial charge on any atom is 0.200 e. The normalized spacial score (nSPS) is 17.1. The monoisotopic (exact) mass is 222 g/mol. The molecule has 3 heteroatoms. The summed E-state index contributed by atoms with van der Waals surface area (Å²) in [7, 11) is -3.16. The van der Waals surface area contributed by atoms with Crippen LogP contribution >= 0.6 is 0 Å². The lowest BCUT2D eigenvalue weighted by Gasteiger charge is -2.10. The number of aryl methyl sites for hydroxylation is 1. The highest BCUT2D eigenvalue weighted by molar-refractivity contribution is 7.94. The first-order valence-electron chi connectivity index (χ1n) is 4.99. The molecule has 0 atom stereocenters. The van der Waals surface area contributed by atoms with E-state index in [4.69, 9.17) is 0 Å². The molecule has 0 N–H and O–H groups in total. The molecule has 0 unspecified atom stereocenters. The molecule has 0 aliphatic carbocycles. The molecule has 0 saturated heterocycles. The highest BCUT2D eigenvalue weighted by Gasteiger charge is 2.23. The van der Waals surface area contributed by atoms with E-state index in [9.17, 15) is 8.42 Å². The van der Waals surface area contributed by atoms with Crippen LogP contribution in [-0.2, 0) is 9.84 Å². The second-order valence-corrected chi connectivity index (χ2v) is 6.03. The first kappa shape index (κ1) is 10.4. The summed E-state index contributed by atoms with van der Waals surface area (Å²) in [5.41, 5.74) is 2.87. The third kappa shape index (κ3) is 1.61. The van der Waals surface area contributed by atoms with Crippen molar-refractivity contribution in [3.63, 3.8) is 0 Å². The summed E-state index contributed by atoms with van der Waals surface area (Å²) in [6.45, 7) is 6.07. The van der Waals surface area contributed by atoms with Gasteiger partial charge in [0.15, 0.2) is 0 Å². The summed E-state index contributed by atoms with van der Waals surface area (Å²) in [6.07, 6.45) is 1.68. The van der Waals surface area contributed by atoms with Crippen LogP contribution in [0, 0.1) is 6.92 Å². The van der Waals surface area contributed by atoms with Crippen molar-refractivity contribution in [2.75, 3.05) is 0 Å². The van der Waals surface area contributed by atoms with Gasteiger partial charge in [-0.05, 0) is 35.6 Å². The van der Waals surface area contributed by atoms with E-state index < -0.39 is 9.84 Å². The predicted octanol–water partition coefficient (Wildman–Crippen LogP) is 2.88. The van der Waals surface area contributed by atoms with Gasteiger partial charge in [-0.15, -0.1) is 0 Å². The third-order valence-electron chi connectivity index (χ3n) is 2.70. The Morgan fingerprint density at radius 2 is 1.87 bits per heavy atom. The summed E-state index contributed by atoms with van der Waals surface area (Å²) >= 11 is 0. The first-order chi connectivity index (χ1) is 6.92. The Morgan fingerprint density at radius 1 is 1.20 bits per heavy atom. The average Bonchev–Trinajstić information content (AvgIpc) is 2.42. The van der Waals surface area contributed by atoms with E-state index in [1.165, 1.54) is 11.0 Å². The minimum Gasteiger partial charge on any atom is -0.219 e. The minimum atomic E-state index is -3.16. The van der Waals surface area contributed by atoms with Crippen molar-refractivity contribution in [2.24, 2.45) is 0 Å². The van der Waals surface area contributed by atoms with Crippen molar-refractivity contribution < 1.29 is 8.42 Å². The molecule has 80 valence electrons. The summed E-state index contributed by atoms with van der Waals surface area (Å²) in [4.78, 5) is 0.479. The van der Waals surface area contributed by atoms with Crippen LogP contribution in [0.4, 0.5) is 0 Å². The van der Waals surface area contributed by atoms with Gasteiger partial charge >= 0.3 is 0 Å². The van der Waals surface area contributed by atoms with Crippen LogP contribution in [0.2, 0.25) is 0 Å². The molecule has 1 aliphatic heterocycles. The van der Waals surface area contributed by atoms with Gasteiger partial charge in [0, 0.05) is 5.41 Å². The van der Waals surface area contributed by atoms with Crippen LogP contribution in [0.1, 0.15) is 36.5 Å². The van der Waals surface area contributed by atoms with Gasteiger partial charge in [-0.25, -0.2) is 8.42 Å². The van der Waals surface area contributed by atoms with Crippen molar-refractivity contribution in [1.29, 1.82) is 0 Å². The Morgan fingerprint density at radius 3 is 2.47 bits per heavy atom. The molecular weight excluding hydrogens is 208 g/mol. The average molecular weight is 222 g/mol. The van der Waals surface area contributed by atoms with E-state index in [2.05, 4.69) is 13.8 Å². The molecule has 1 heterocycles. The predicted molar refractivity (Wildman–Crippen MR) is 61.5 cm³/mol. The Balaban J connectivity index is 2.72. The zero-order chi connectivity index (χ0) is 11.2.